The summed E-state index contributed by atoms with van der Waals surface area (Å²) in [6.45, 7) is 2.63. The molecule has 0 spiro atoms. The van der Waals surface area contributed by atoms with Gasteiger partial charge in [0.25, 0.3) is 5.91 Å². The first-order valence-corrected chi connectivity index (χ1v) is 5.48. The van der Waals surface area contributed by atoms with Crippen molar-refractivity contribution < 1.29 is 9.63 Å². The monoisotopic (exact) mass is 219 g/mol. The molecular weight excluding hydrogens is 202 g/mol. The van der Waals surface area contributed by atoms with Crippen molar-refractivity contribution in [2.45, 2.75) is 19.8 Å². The van der Waals surface area contributed by atoms with Crippen molar-refractivity contribution in [3.05, 3.63) is 42.0 Å². The number of carbonyl (C=O) groups excluding carboxylic acids is 1. The summed E-state index contributed by atoms with van der Waals surface area (Å²) in [4.78, 5) is 16.2. The van der Waals surface area contributed by atoms with Crippen LogP contribution >= 0.6 is 0 Å². The van der Waals surface area contributed by atoms with E-state index in [0.29, 0.717) is 6.61 Å². The quantitative estimate of drug-likeness (QED) is 0.453. The molecule has 16 heavy (non-hydrogen) atoms. The molecule has 0 unspecified atom stereocenters. The number of rotatable bonds is 6. The van der Waals surface area contributed by atoms with Gasteiger partial charge in [-0.2, -0.15) is 0 Å². The van der Waals surface area contributed by atoms with Crippen molar-refractivity contribution in [1.29, 1.82) is 0 Å². The Labute approximate surface area is 96.1 Å². The van der Waals surface area contributed by atoms with E-state index < -0.39 is 0 Å². The summed E-state index contributed by atoms with van der Waals surface area (Å²) in [5.74, 6) is -0.236. The Kier molecular flexibility index (Phi) is 5.96. The van der Waals surface area contributed by atoms with Crippen LogP contribution in [-0.4, -0.2) is 12.5 Å². The highest BCUT2D eigenvalue weighted by Crippen LogP contribution is 2.00. The number of unbranched alkanes of at least 4 members (excludes halogenated alkanes) is 1. The summed E-state index contributed by atoms with van der Waals surface area (Å²) in [6.07, 6.45) is 5.21. The minimum Gasteiger partial charge on any atom is -0.273 e. The molecule has 0 bridgehead atoms. The Morgan fingerprint density at radius 2 is 2.12 bits per heavy atom. The number of benzene rings is 1. The van der Waals surface area contributed by atoms with Gasteiger partial charge in [-0.05, 0) is 18.1 Å². The predicted molar refractivity (Wildman–Crippen MR) is 64.5 cm³/mol. The molecule has 0 saturated heterocycles. The highest BCUT2D eigenvalue weighted by molar-refractivity contribution is 5.90. The summed E-state index contributed by atoms with van der Waals surface area (Å²) in [5.41, 5.74) is 3.35. The van der Waals surface area contributed by atoms with Crippen LogP contribution in [0, 0.1) is 0 Å². The summed E-state index contributed by atoms with van der Waals surface area (Å²) in [5, 5.41) is 0. The SMILES string of the molecule is CCCCONC(=O)C=Cc1ccccc1. The molecule has 0 aromatic heterocycles. The highest BCUT2D eigenvalue weighted by Gasteiger charge is 1.94. The average Bonchev–Trinajstić information content (AvgIpc) is 2.33. The molecule has 3 nitrogen and oxygen atoms in total. The van der Waals surface area contributed by atoms with Crippen LogP contribution in [0.1, 0.15) is 25.3 Å². The largest absolute Gasteiger partial charge is 0.273 e. The molecule has 0 radical (unpaired) electrons. The van der Waals surface area contributed by atoms with Gasteiger partial charge in [0, 0.05) is 6.08 Å². The highest BCUT2D eigenvalue weighted by atomic mass is 16.6. The molecule has 1 N–H and O–H groups in total. The Bertz CT molecular complexity index is 333. The van der Waals surface area contributed by atoms with Gasteiger partial charge >= 0.3 is 0 Å². The molecule has 1 amide bonds. The number of nitrogens with one attached hydrogen (secondary N) is 1. The smallest absolute Gasteiger partial charge is 0.267 e. The first-order chi connectivity index (χ1) is 7.83. The first kappa shape index (κ1) is 12.5. The van der Waals surface area contributed by atoms with Gasteiger partial charge in [-0.15, -0.1) is 0 Å². The fourth-order valence-electron chi connectivity index (χ4n) is 1.11. The lowest BCUT2D eigenvalue weighted by Crippen LogP contribution is -2.21. The lowest BCUT2D eigenvalue weighted by molar-refractivity contribution is -0.128. The van der Waals surface area contributed by atoms with Gasteiger partial charge in [0.15, 0.2) is 0 Å². The second kappa shape index (κ2) is 7.65. The maximum atomic E-state index is 11.3. The van der Waals surface area contributed by atoms with Crippen LogP contribution < -0.4 is 5.48 Å². The van der Waals surface area contributed by atoms with E-state index in [9.17, 15) is 4.79 Å². The molecule has 0 aliphatic heterocycles. The Morgan fingerprint density at radius 1 is 1.38 bits per heavy atom. The molecule has 0 heterocycles. The molecule has 0 fully saturated rings. The van der Waals surface area contributed by atoms with Crippen molar-refractivity contribution in [1.82, 2.24) is 5.48 Å². The minimum absolute atomic E-state index is 0.236. The second-order valence-corrected chi connectivity index (χ2v) is 3.41. The van der Waals surface area contributed by atoms with Crippen molar-refractivity contribution in [3.8, 4) is 0 Å². The first-order valence-electron chi connectivity index (χ1n) is 5.48. The summed E-state index contributed by atoms with van der Waals surface area (Å²) in [7, 11) is 0. The molecule has 0 atom stereocenters. The molecule has 0 saturated carbocycles. The number of carbonyl (C=O) groups is 1. The number of hydroxylamine groups is 1. The summed E-state index contributed by atoms with van der Waals surface area (Å²) >= 11 is 0. The van der Waals surface area contributed by atoms with Gasteiger partial charge in [-0.1, -0.05) is 43.7 Å². The van der Waals surface area contributed by atoms with E-state index in [4.69, 9.17) is 4.84 Å². The van der Waals surface area contributed by atoms with E-state index in [1.807, 2.05) is 30.3 Å². The minimum atomic E-state index is -0.236. The van der Waals surface area contributed by atoms with E-state index in [2.05, 4.69) is 12.4 Å². The zero-order valence-electron chi connectivity index (χ0n) is 9.48. The molecule has 1 rings (SSSR count). The molecule has 3 heteroatoms. The maximum Gasteiger partial charge on any atom is 0.267 e. The van der Waals surface area contributed by atoms with Gasteiger partial charge < -0.3 is 0 Å². The zero-order chi connectivity index (χ0) is 11.6. The van der Waals surface area contributed by atoms with Crippen molar-refractivity contribution in [2.24, 2.45) is 0 Å². The molecule has 1 aromatic rings. The Hall–Kier alpha value is -1.61. The average molecular weight is 219 g/mol. The van der Waals surface area contributed by atoms with Gasteiger partial charge in [-0.25, -0.2) is 5.48 Å². The zero-order valence-corrected chi connectivity index (χ0v) is 9.48. The van der Waals surface area contributed by atoms with Crippen LogP contribution in [0.3, 0.4) is 0 Å². The predicted octanol–water partition coefficient (Wildman–Crippen LogP) is 2.55. The molecular formula is C13H17NO2. The van der Waals surface area contributed by atoms with Crippen molar-refractivity contribution in [2.75, 3.05) is 6.61 Å². The third-order valence-corrected chi connectivity index (χ3v) is 2.00. The molecule has 0 aliphatic rings. The van der Waals surface area contributed by atoms with Crippen molar-refractivity contribution >= 4 is 12.0 Å². The third-order valence-electron chi connectivity index (χ3n) is 2.00. The number of amides is 1. The van der Waals surface area contributed by atoms with Gasteiger partial charge in [-0.3, -0.25) is 9.63 Å². The molecule has 0 aliphatic carbocycles. The van der Waals surface area contributed by atoms with E-state index >= 15 is 0 Å². The number of hydrogen-bond donors (Lipinski definition) is 1. The normalized spacial score (nSPS) is 10.6. The lowest BCUT2D eigenvalue weighted by Gasteiger charge is -2.01. The van der Waals surface area contributed by atoms with Crippen LogP contribution in [0.15, 0.2) is 36.4 Å². The van der Waals surface area contributed by atoms with Crippen LogP contribution in [0.2, 0.25) is 0 Å². The van der Waals surface area contributed by atoms with Crippen LogP contribution in [0.25, 0.3) is 6.08 Å². The van der Waals surface area contributed by atoms with Crippen LogP contribution in [-0.2, 0) is 9.63 Å². The topological polar surface area (TPSA) is 38.3 Å². The van der Waals surface area contributed by atoms with Gasteiger partial charge in [0.1, 0.15) is 0 Å². The Morgan fingerprint density at radius 3 is 2.81 bits per heavy atom. The summed E-state index contributed by atoms with van der Waals surface area (Å²) in [6, 6.07) is 9.65. The fraction of sp³-hybridized carbons (Fsp3) is 0.308. The lowest BCUT2D eigenvalue weighted by atomic mass is 10.2. The summed E-state index contributed by atoms with van der Waals surface area (Å²) < 4.78 is 0. The van der Waals surface area contributed by atoms with Gasteiger partial charge in [0.2, 0.25) is 0 Å². The van der Waals surface area contributed by atoms with Crippen LogP contribution in [0.4, 0.5) is 0 Å². The second-order valence-electron chi connectivity index (χ2n) is 3.41. The maximum absolute atomic E-state index is 11.3. The van der Waals surface area contributed by atoms with E-state index in [-0.39, 0.29) is 5.91 Å². The van der Waals surface area contributed by atoms with Crippen molar-refractivity contribution in [3.63, 3.8) is 0 Å². The van der Waals surface area contributed by atoms with E-state index in [1.54, 1.807) is 6.08 Å². The van der Waals surface area contributed by atoms with Crippen LogP contribution in [0.5, 0.6) is 0 Å². The standard InChI is InChI=1S/C13H17NO2/c1-2-3-11-16-14-13(15)10-9-12-7-5-4-6-8-12/h4-10H,2-3,11H2,1H3,(H,14,15). The molecule has 86 valence electrons. The molecule has 1 aromatic carbocycles. The third kappa shape index (κ3) is 5.32. The fourth-order valence-corrected chi connectivity index (χ4v) is 1.11. The number of hydrogen-bond acceptors (Lipinski definition) is 2. The Balaban J connectivity index is 2.26. The van der Waals surface area contributed by atoms with E-state index in [1.165, 1.54) is 6.08 Å². The van der Waals surface area contributed by atoms with Gasteiger partial charge in [0.05, 0.1) is 6.61 Å². The van der Waals surface area contributed by atoms with E-state index in [0.717, 1.165) is 18.4 Å².